The van der Waals surface area contributed by atoms with E-state index in [0.717, 1.165) is 111 Å². The van der Waals surface area contributed by atoms with Gasteiger partial charge in [0, 0.05) is 100 Å². The second-order valence-electron chi connectivity index (χ2n) is 22.0. The molecule has 0 aliphatic heterocycles. The molecule has 0 unspecified atom stereocenters. The fourth-order valence-electron chi connectivity index (χ4n) is 13.2. The molecule has 6 aromatic heterocycles. The van der Waals surface area contributed by atoms with Gasteiger partial charge in [0.25, 0.3) is 0 Å². The molecule has 0 amide bonds. The van der Waals surface area contributed by atoms with Crippen LogP contribution in [0.5, 0.6) is 0 Å². The lowest BCUT2D eigenvalue weighted by Crippen LogP contribution is -2.05. The number of para-hydroxylation sites is 6. The third-order valence-corrected chi connectivity index (χ3v) is 17.3. The van der Waals surface area contributed by atoms with E-state index < -0.39 is 0 Å². The molecule has 17 aromatic rings. The molecule has 0 aliphatic rings. The van der Waals surface area contributed by atoms with Crippen LogP contribution >= 0.6 is 0 Å². The van der Waals surface area contributed by atoms with Crippen molar-refractivity contribution in [2.75, 3.05) is 0 Å². The number of carbonyl (C=O) groups is 2. The number of rotatable bonds is 10. The lowest BCUT2D eigenvalue weighted by atomic mass is 9.98. The highest BCUT2D eigenvalue weighted by Crippen LogP contribution is 2.39. The van der Waals surface area contributed by atoms with Gasteiger partial charge in [0.1, 0.15) is 11.6 Å². The van der Waals surface area contributed by atoms with E-state index in [1.165, 1.54) is 21.5 Å². The number of ketones is 2. The van der Waals surface area contributed by atoms with Crippen LogP contribution in [0.25, 0.3) is 132 Å². The summed E-state index contributed by atoms with van der Waals surface area (Å²) in [4.78, 5) is 38.1. The highest BCUT2D eigenvalue weighted by atomic mass is 16.1. The van der Waals surface area contributed by atoms with Crippen molar-refractivity contribution >= 4 is 98.8 Å². The zero-order chi connectivity index (χ0) is 57.0. The minimum absolute atomic E-state index is 0.118. The predicted molar refractivity (Wildman–Crippen MR) is 350 cm³/mol. The summed E-state index contributed by atoms with van der Waals surface area (Å²) in [5.41, 5.74) is 17.0. The van der Waals surface area contributed by atoms with Gasteiger partial charge in [-0.2, -0.15) is 0 Å². The zero-order valence-electron chi connectivity index (χ0n) is 46.2. The summed E-state index contributed by atoms with van der Waals surface area (Å²) >= 11 is 0. The van der Waals surface area contributed by atoms with Crippen molar-refractivity contribution in [3.05, 3.63) is 314 Å². The normalized spacial score (nSPS) is 11.8. The fourth-order valence-corrected chi connectivity index (χ4v) is 13.2. The third kappa shape index (κ3) is 7.70. The van der Waals surface area contributed by atoms with E-state index in [0.29, 0.717) is 22.3 Å². The van der Waals surface area contributed by atoms with Crippen molar-refractivity contribution in [3.63, 3.8) is 0 Å². The van der Waals surface area contributed by atoms with Crippen LogP contribution in [-0.2, 0) is 0 Å². The van der Waals surface area contributed by atoms with Gasteiger partial charge < -0.3 is 9.13 Å². The molecule has 8 heteroatoms. The Hall–Kier alpha value is -11.7. The number of pyridine rings is 2. The van der Waals surface area contributed by atoms with Gasteiger partial charge in [-0.05, 0) is 145 Å². The molecule has 0 saturated heterocycles. The van der Waals surface area contributed by atoms with Gasteiger partial charge in [-0.15, -0.1) is 0 Å². The summed E-state index contributed by atoms with van der Waals surface area (Å²) < 4.78 is 8.98. The number of carbonyl (C=O) groups excluding carboxylic acids is 2. The molecule has 11 aromatic carbocycles. The summed E-state index contributed by atoms with van der Waals surface area (Å²) in [6.45, 7) is 0. The molecule has 0 fully saturated rings. The van der Waals surface area contributed by atoms with Gasteiger partial charge >= 0.3 is 0 Å². The first-order chi connectivity index (χ1) is 42.5. The Morgan fingerprint density at radius 3 is 0.791 bits per heavy atom. The SMILES string of the molecule is O=C(c1ccc(C(=O)c2ccc(-n3c4ccccc4c4cc(-c5ccc(-n6c7ccccc7c7ccccc76)nc5)ccc43)cc2)cc1)c1ccc(-n2c3ccccc3c3cc(-c4ccc(-n5c6ccccc6c6ccccc65)nc4)ccc32)cc1. The monoisotopic (exact) mass is 1100 g/mol. The van der Waals surface area contributed by atoms with E-state index in [2.05, 4.69) is 225 Å². The molecular weight excluding hydrogens is 1050 g/mol. The van der Waals surface area contributed by atoms with E-state index in [-0.39, 0.29) is 11.6 Å². The quantitative estimate of drug-likeness (QED) is 0.128. The highest BCUT2D eigenvalue weighted by Gasteiger charge is 2.20. The van der Waals surface area contributed by atoms with Crippen LogP contribution in [0.4, 0.5) is 0 Å². The molecule has 0 aliphatic carbocycles. The molecular formula is C78H48N6O2. The van der Waals surface area contributed by atoms with E-state index >= 15 is 0 Å². The van der Waals surface area contributed by atoms with Crippen molar-refractivity contribution in [2.45, 2.75) is 0 Å². The van der Waals surface area contributed by atoms with Crippen molar-refractivity contribution in [3.8, 4) is 45.3 Å². The molecule has 6 heterocycles. The van der Waals surface area contributed by atoms with Crippen LogP contribution in [0.2, 0.25) is 0 Å². The van der Waals surface area contributed by atoms with Crippen LogP contribution in [0.15, 0.2) is 291 Å². The number of nitrogens with zero attached hydrogens (tertiary/aromatic N) is 6. The summed E-state index contributed by atoms with van der Waals surface area (Å²) in [6, 6.07) is 95.1. The highest BCUT2D eigenvalue weighted by molar-refractivity contribution is 6.15. The summed E-state index contributed by atoms with van der Waals surface area (Å²) in [5, 5.41) is 9.35. The Balaban J connectivity index is 0.604. The maximum Gasteiger partial charge on any atom is 0.193 e. The molecule has 0 N–H and O–H groups in total. The number of hydrogen-bond acceptors (Lipinski definition) is 4. The second kappa shape index (κ2) is 19.4. The molecule has 86 heavy (non-hydrogen) atoms. The molecule has 0 bridgehead atoms. The molecule has 8 nitrogen and oxygen atoms in total. The minimum Gasteiger partial charge on any atom is -0.309 e. The van der Waals surface area contributed by atoms with Crippen molar-refractivity contribution in [1.29, 1.82) is 0 Å². The lowest BCUT2D eigenvalue weighted by molar-refractivity contribution is 0.102. The average Bonchev–Trinajstić information content (AvgIpc) is 2.38. The van der Waals surface area contributed by atoms with Crippen molar-refractivity contribution in [1.82, 2.24) is 28.2 Å². The molecule has 0 saturated carbocycles. The summed E-state index contributed by atoms with van der Waals surface area (Å²) in [6.07, 6.45) is 3.93. The first-order valence-corrected chi connectivity index (χ1v) is 28.9. The average molecular weight is 1100 g/mol. The van der Waals surface area contributed by atoms with Gasteiger partial charge in [-0.1, -0.05) is 146 Å². The number of fused-ring (bicyclic) bond motifs is 12. The second-order valence-corrected chi connectivity index (χ2v) is 22.0. The van der Waals surface area contributed by atoms with E-state index in [4.69, 9.17) is 9.97 Å². The lowest BCUT2D eigenvalue weighted by Gasteiger charge is -2.11. The van der Waals surface area contributed by atoms with Crippen LogP contribution in [0, 0.1) is 0 Å². The first kappa shape index (κ1) is 48.9. The number of aromatic nitrogens is 6. The molecule has 0 spiro atoms. The van der Waals surface area contributed by atoms with Crippen LogP contribution in [-0.4, -0.2) is 39.8 Å². The smallest absolute Gasteiger partial charge is 0.193 e. The van der Waals surface area contributed by atoms with Crippen LogP contribution in [0.3, 0.4) is 0 Å². The summed E-state index contributed by atoms with van der Waals surface area (Å²) in [5.74, 6) is 1.51. The predicted octanol–water partition coefficient (Wildman–Crippen LogP) is 18.7. The standard InChI is InChI=1S/C78H48N6O2/c85-77(51-29-37-57(38-30-51)81-67-19-7-5-17-63(67)65-45-53(33-41-73(65)81)55-35-43-75(79-47-55)83-69-21-9-1-13-59(69)60-14-2-10-22-70(60)83)49-25-27-50(28-26-49)78(86)52-31-39-58(40-32-52)82-68-20-8-6-18-64(68)66-46-54(34-42-74(66)82)56-36-44-76(80-48-56)84-71-23-11-3-15-61(71)62-16-4-12-24-72(62)84/h1-48H. The zero-order valence-corrected chi connectivity index (χ0v) is 46.2. The van der Waals surface area contributed by atoms with Crippen LogP contribution in [0.1, 0.15) is 31.8 Å². The fraction of sp³-hybridized carbons (Fsp3) is 0. The third-order valence-electron chi connectivity index (χ3n) is 17.3. The number of benzene rings is 11. The van der Waals surface area contributed by atoms with Gasteiger partial charge in [0.05, 0.1) is 44.1 Å². The van der Waals surface area contributed by atoms with E-state index in [1.54, 1.807) is 24.3 Å². The molecule has 17 rings (SSSR count). The Kier molecular flexibility index (Phi) is 11.1. The molecule has 0 atom stereocenters. The van der Waals surface area contributed by atoms with E-state index in [1.807, 2.05) is 60.9 Å². The van der Waals surface area contributed by atoms with Crippen molar-refractivity contribution in [2.24, 2.45) is 0 Å². The maximum absolute atomic E-state index is 14.0. The minimum atomic E-state index is -0.118. The Morgan fingerprint density at radius 2 is 0.488 bits per heavy atom. The summed E-state index contributed by atoms with van der Waals surface area (Å²) in [7, 11) is 0. The largest absolute Gasteiger partial charge is 0.309 e. The van der Waals surface area contributed by atoms with Crippen molar-refractivity contribution < 1.29 is 9.59 Å². The van der Waals surface area contributed by atoms with Crippen LogP contribution < -0.4 is 0 Å². The first-order valence-electron chi connectivity index (χ1n) is 28.9. The van der Waals surface area contributed by atoms with Gasteiger partial charge in [0.2, 0.25) is 0 Å². The van der Waals surface area contributed by atoms with E-state index in [9.17, 15) is 9.59 Å². The molecule has 402 valence electrons. The number of hydrogen-bond donors (Lipinski definition) is 0. The topological polar surface area (TPSA) is 79.6 Å². The maximum atomic E-state index is 14.0. The molecule has 0 radical (unpaired) electrons. The Labute approximate surface area is 493 Å². The van der Waals surface area contributed by atoms with Gasteiger partial charge in [-0.3, -0.25) is 18.7 Å². The Bertz CT molecular complexity index is 5140. The Morgan fingerprint density at radius 1 is 0.233 bits per heavy atom. The van der Waals surface area contributed by atoms with Gasteiger partial charge in [-0.25, -0.2) is 9.97 Å². The van der Waals surface area contributed by atoms with Gasteiger partial charge in [0.15, 0.2) is 11.6 Å².